The van der Waals surface area contributed by atoms with E-state index >= 15 is 0 Å². The van der Waals surface area contributed by atoms with E-state index in [-0.39, 0.29) is 5.92 Å². The van der Waals surface area contributed by atoms with Crippen molar-refractivity contribution >= 4 is 16.7 Å². The predicted octanol–water partition coefficient (Wildman–Crippen LogP) is 5.17. The Kier molecular flexibility index (Phi) is 6.25. The van der Waals surface area contributed by atoms with Gasteiger partial charge in [-0.3, -0.25) is 4.68 Å². The minimum absolute atomic E-state index is 0.269. The summed E-state index contributed by atoms with van der Waals surface area (Å²) in [5, 5.41) is 9.43. The van der Waals surface area contributed by atoms with E-state index in [0.717, 1.165) is 45.0 Å². The molecule has 0 radical (unpaired) electrons. The topological polar surface area (TPSA) is 74.1 Å². The second kappa shape index (κ2) is 9.26. The Hall–Kier alpha value is -3.61. The zero-order chi connectivity index (χ0) is 22.7. The van der Waals surface area contributed by atoms with Crippen molar-refractivity contribution in [1.82, 2.24) is 19.7 Å². The Bertz CT molecular complexity index is 1220. The van der Waals surface area contributed by atoms with Crippen LogP contribution in [-0.4, -0.2) is 33.5 Å². The number of hydrogen-bond donors (Lipinski definition) is 1. The third kappa shape index (κ3) is 4.23. The van der Waals surface area contributed by atoms with E-state index in [9.17, 15) is 0 Å². The summed E-state index contributed by atoms with van der Waals surface area (Å²) in [5.41, 5.74) is 5.65. The Balaban J connectivity index is 1.81. The summed E-state index contributed by atoms with van der Waals surface area (Å²) in [6, 6.07) is 14.0. The number of hydrogen-bond acceptors (Lipinski definition) is 6. The third-order valence-corrected chi connectivity index (χ3v) is 5.34. The van der Waals surface area contributed by atoms with E-state index in [1.165, 1.54) is 0 Å². The molecular weight excluding hydrogens is 402 g/mol. The highest BCUT2D eigenvalue weighted by Gasteiger charge is 2.20. The van der Waals surface area contributed by atoms with Crippen molar-refractivity contribution in [3.63, 3.8) is 0 Å². The minimum atomic E-state index is 0.269. The van der Waals surface area contributed by atoms with Crippen molar-refractivity contribution in [3.8, 4) is 22.9 Å². The molecule has 4 rings (SSSR count). The van der Waals surface area contributed by atoms with Crippen LogP contribution in [0.3, 0.4) is 0 Å². The van der Waals surface area contributed by atoms with E-state index in [4.69, 9.17) is 19.6 Å². The first kappa shape index (κ1) is 21.6. The van der Waals surface area contributed by atoms with Crippen molar-refractivity contribution in [2.24, 2.45) is 7.05 Å². The lowest BCUT2D eigenvalue weighted by Crippen LogP contribution is -2.03. The van der Waals surface area contributed by atoms with Crippen molar-refractivity contribution in [2.75, 3.05) is 19.0 Å². The highest BCUT2D eigenvalue weighted by Crippen LogP contribution is 2.35. The molecule has 3 heterocycles. The number of fused-ring (bicyclic) bond motifs is 1. The number of anilines is 1. The van der Waals surface area contributed by atoms with Gasteiger partial charge in [0.25, 0.3) is 0 Å². The predicted molar refractivity (Wildman–Crippen MR) is 127 cm³/mol. The van der Waals surface area contributed by atoms with Gasteiger partial charge in [-0.2, -0.15) is 5.10 Å². The van der Waals surface area contributed by atoms with Crippen LogP contribution < -0.4 is 14.8 Å². The summed E-state index contributed by atoms with van der Waals surface area (Å²) in [4.78, 5) is 9.36. The fourth-order valence-electron chi connectivity index (χ4n) is 3.74. The Morgan fingerprint density at radius 3 is 2.59 bits per heavy atom. The van der Waals surface area contributed by atoms with Gasteiger partial charge in [-0.05, 0) is 48.7 Å². The van der Waals surface area contributed by atoms with E-state index in [0.29, 0.717) is 19.0 Å². The van der Waals surface area contributed by atoms with Gasteiger partial charge in [0.2, 0.25) is 5.88 Å². The second-order valence-corrected chi connectivity index (χ2v) is 7.91. The first-order valence-corrected chi connectivity index (χ1v) is 10.8. The summed E-state index contributed by atoms with van der Waals surface area (Å²) in [7, 11) is 3.61. The molecule has 4 aromatic rings. The highest BCUT2D eigenvalue weighted by atomic mass is 16.5. The molecule has 7 heteroatoms. The SMILES string of the molecule is CCOc1ncccc1-c1cc(NCc2ccc(OC)cc2)c2c(C(C)C)nn(C)c2n1. The van der Waals surface area contributed by atoms with E-state index in [1.807, 2.05) is 42.9 Å². The van der Waals surface area contributed by atoms with Gasteiger partial charge in [0, 0.05) is 25.5 Å². The number of nitrogens with zero attached hydrogens (tertiary/aromatic N) is 4. The molecule has 0 atom stereocenters. The molecule has 0 spiro atoms. The molecule has 0 aliphatic carbocycles. The molecule has 166 valence electrons. The Labute approximate surface area is 188 Å². The maximum atomic E-state index is 5.76. The van der Waals surface area contributed by atoms with E-state index in [2.05, 4.69) is 42.3 Å². The normalized spacial score (nSPS) is 11.2. The van der Waals surface area contributed by atoms with Gasteiger partial charge in [-0.15, -0.1) is 0 Å². The molecule has 0 unspecified atom stereocenters. The maximum absolute atomic E-state index is 5.76. The number of aromatic nitrogens is 4. The van der Waals surface area contributed by atoms with Crippen LogP contribution in [0.2, 0.25) is 0 Å². The number of methoxy groups -OCH3 is 1. The van der Waals surface area contributed by atoms with Crippen molar-refractivity contribution in [1.29, 1.82) is 0 Å². The molecule has 0 amide bonds. The summed E-state index contributed by atoms with van der Waals surface area (Å²) in [6.45, 7) is 7.46. The first-order chi connectivity index (χ1) is 15.5. The lowest BCUT2D eigenvalue weighted by atomic mass is 10.0. The number of nitrogens with one attached hydrogen (secondary N) is 1. The van der Waals surface area contributed by atoms with Crippen LogP contribution in [0.25, 0.3) is 22.3 Å². The van der Waals surface area contributed by atoms with Gasteiger partial charge < -0.3 is 14.8 Å². The molecule has 0 fully saturated rings. The maximum Gasteiger partial charge on any atom is 0.222 e. The van der Waals surface area contributed by atoms with E-state index in [1.54, 1.807) is 13.3 Å². The molecule has 7 nitrogen and oxygen atoms in total. The summed E-state index contributed by atoms with van der Waals surface area (Å²) in [5.74, 6) is 1.69. The molecule has 0 bridgehead atoms. The van der Waals surface area contributed by atoms with Gasteiger partial charge in [-0.1, -0.05) is 26.0 Å². The lowest BCUT2D eigenvalue weighted by Gasteiger charge is -2.14. The molecule has 0 aliphatic rings. The monoisotopic (exact) mass is 431 g/mol. The van der Waals surface area contributed by atoms with Crippen LogP contribution in [0.15, 0.2) is 48.7 Å². The number of aryl methyl sites for hydroxylation is 1. The van der Waals surface area contributed by atoms with Crippen LogP contribution in [0.5, 0.6) is 11.6 Å². The number of ether oxygens (including phenoxy) is 2. The summed E-state index contributed by atoms with van der Waals surface area (Å²) in [6.07, 6.45) is 1.73. The Morgan fingerprint density at radius 1 is 1.12 bits per heavy atom. The average molecular weight is 432 g/mol. The molecule has 3 aromatic heterocycles. The van der Waals surface area contributed by atoms with Crippen LogP contribution in [0.1, 0.15) is 37.9 Å². The smallest absolute Gasteiger partial charge is 0.222 e. The second-order valence-electron chi connectivity index (χ2n) is 7.91. The molecule has 32 heavy (non-hydrogen) atoms. The fourth-order valence-corrected chi connectivity index (χ4v) is 3.74. The lowest BCUT2D eigenvalue weighted by molar-refractivity contribution is 0.328. The molecular formula is C25H29N5O2. The number of benzene rings is 1. The summed E-state index contributed by atoms with van der Waals surface area (Å²) < 4.78 is 12.9. The standard InChI is InChI=1S/C25H29N5O2/c1-6-32-25-19(8-7-13-26-25)20-14-21(27-15-17-9-11-18(31-5)12-10-17)22-23(16(2)3)29-30(4)24(22)28-20/h7-14,16H,6,15H2,1-5H3,(H,27,28). The van der Waals surface area contributed by atoms with Crippen LogP contribution >= 0.6 is 0 Å². The van der Waals surface area contributed by atoms with Gasteiger partial charge in [-0.25, -0.2) is 9.97 Å². The van der Waals surface area contributed by atoms with Crippen molar-refractivity contribution in [2.45, 2.75) is 33.2 Å². The zero-order valence-electron chi connectivity index (χ0n) is 19.2. The van der Waals surface area contributed by atoms with Crippen LogP contribution in [-0.2, 0) is 13.6 Å². The van der Waals surface area contributed by atoms with Gasteiger partial charge in [0.15, 0.2) is 5.65 Å². The van der Waals surface area contributed by atoms with Crippen LogP contribution in [0, 0.1) is 0 Å². The molecule has 0 saturated heterocycles. The van der Waals surface area contributed by atoms with Gasteiger partial charge in [0.1, 0.15) is 5.75 Å². The molecule has 1 N–H and O–H groups in total. The third-order valence-electron chi connectivity index (χ3n) is 5.34. The Morgan fingerprint density at radius 2 is 1.91 bits per heavy atom. The first-order valence-electron chi connectivity index (χ1n) is 10.8. The van der Waals surface area contributed by atoms with Gasteiger partial charge >= 0.3 is 0 Å². The van der Waals surface area contributed by atoms with Crippen LogP contribution in [0.4, 0.5) is 5.69 Å². The molecule has 1 aromatic carbocycles. The molecule has 0 aliphatic heterocycles. The van der Waals surface area contributed by atoms with Crippen molar-refractivity contribution < 1.29 is 9.47 Å². The average Bonchev–Trinajstić information content (AvgIpc) is 3.15. The number of rotatable bonds is 8. The zero-order valence-corrected chi connectivity index (χ0v) is 19.2. The summed E-state index contributed by atoms with van der Waals surface area (Å²) >= 11 is 0. The molecule has 0 saturated carbocycles. The van der Waals surface area contributed by atoms with Crippen molar-refractivity contribution in [3.05, 3.63) is 59.9 Å². The van der Waals surface area contributed by atoms with E-state index < -0.39 is 0 Å². The van der Waals surface area contributed by atoms with Gasteiger partial charge in [0.05, 0.1) is 36.1 Å². The fraction of sp³-hybridized carbons (Fsp3) is 0.320. The quantitative estimate of drug-likeness (QED) is 0.415. The number of pyridine rings is 2. The minimum Gasteiger partial charge on any atom is -0.497 e. The largest absolute Gasteiger partial charge is 0.497 e. The highest BCUT2D eigenvalue weighted by molar-refractivity contribution is 5.95.